The first-order valence-corrected chi connectivity index (χ1v) is 3.86. The summed E-state index contributed by atoms with van der Waals surface area (Å²) in [5, 5.41) is 2.03. The molecule has 0 amide bonds. The number of hydrogen-bond donors (Lipinski definition) is 0. The first kappa shape index (κ1) is 6.71. The van der Waals surface area contributed by atoms with E-state index in [0.717, 1.165) is 6.61 Å². The van der Waals surface area contributed by atoms with Crippen LogP contribution in [0.15, 0.2) is 17.1 Å². The predicted octanol–water partition coefficient (Wildman–Crippen LogP) is 1.03. The maximum absolute atomic E-state index is 5.15. The smallest absolute Gasteiger partial charge is 0.253 e. The summed E-state index contributed by atoms with van der Waals surface area (Å²) in [7, 11) is 0. The number of nitrogens with zero attached hydrogens (tertiary/aromatic N) is 1. The summed E-state index contributed by atoms with van der Waals surface area (Å²) in [5.74, 6) is 0. The average Bonchev–Trinajstić information content (AvgIpc) is 2.34. The minimum absolute atomic E-state index is 0.681. The molecule has 0 unspecified atom stereocenters. The van der Waals surface area contributed by atoms with Crippen LogP contribution in [0.5, 0.6) is 0 Å². The molecule has 1 aromatic heterocycles. The molecule has 0 radical (unpaired) electrons. The molecule has 1 aromatic rings. The summed E-state index contributed by atoms with van der Waals surface area (Å²) in [6.45, 7) is 3.45. The summed E-state index contributed by atoms with van der Waals surface area (Å²) >= 11 is 1.67. The number of rotatable bonds is 3. The van der Waals surface area contributed by atoms with Crippen molar-refractivity contribution in [3.05, 3.63) is 17.1 Å². The molecule has 2 nitrogen and oxygen atoms in total. The fourth-order valence-electron chi connectivity index (χ4n) is 0.532. The van der Waals surface area contributed by atoms with Crippen LogP contribution in [0.4, 0.5) is 0 Å². The third-order valence-electron chi connectivity index (χ3n) is 0.972. The van der Waals surface area contributed by atoms with Gasteiger partial charge >= 0.3 is 0 Å². The lowest BCUT2D eigenvalue weighted by molar-refractivity contribution is -0.728. The molecule has 3 heteroatoms. The maximum atomic E-state index is 5.15. The molecule has 1 heterocycles. The number of thiazole rings is 1. The van der Waals surface area contributed by atoms with E-state index in [0.29, 0.717) is 6.73 Å². The molecular weight excluding hydrogens is 134 g/mol. The van der Waals surface area contributed by atoms with E-state index < -0.39 is 0 Å². The van der Waals surface area contributed by atoms with E-state index in [-0.39, 0.29) is 0 Å². The normalized spacial score (nSPS) is 9.89. The highest BCUT2D eigenvalue weighted by Crippen LogP contribution is 1.87. The van der Waals surface area contributed by atoms with Crippen molar-refractivity contribution >= 4 is 11.3 Å². The molecule has 0 atom stereocenters. The van der Waals surface area contributed by atoms with Crippen LogP contribution in [-0.2, 0) is 11.5 Å². The van der Waals surface area contributed by atoms with E-state index in [1.54, 1.807) is 11.3 Å². The van der Waals surface area contributed by atoms with Crippen LogP contribution in [-0.4, -0.2) is 6.61 Å². The van der Waals surface area contributed by atoms with Gasteiger partial charge in [-0.15, -0.1) is 0 Å². The molecule has 0 aromatic carbocycles. The van der Waals surface area contributed by atoms with Gasteiger partial charge in [0.15, 0.2) is 6.20 Å². The second kappa shape index (κ2) is 3.58. The monoisotopic (exact) mass is 144 g/mol. The van der Waals surface area contributed by atoms with Gasteiger partial charge in [-0.3, -0.25) is 0 Å². The van der Waals surface area contributed by atoms with E-state index in [9.17, 15) is 0 Å². The molecule has 1 rings (SSSR count). The SMILES string of the molecule is CCOC[n+]1ccsc1. The molecule has 0 bridgehead atoms. The van der Waals surface area contributed by atoms with E-state index in [1.807, 2.05) is 28.6 Å². The third kappa shape index (κ3) is 2.11. The summed E-state index contributed by atoms with van der Waals surface area (Å²) in [4.78, 5) is 0. The van der Waals surface area contributed by atoms with Crippen molar-refractivity contribution in [3.8, 4) is 0 Å². The zero-order valence-electron chi connectivity index (χ0n) is 5.41. The van der Waals surface area contributed by atoms with E-state index in [2.05, 4.69) is 0 Å². The molecule has 0 N–H and O–H groups in total. The van der Waals surface area contributed by atoms with Gasteiger partial charge in [0.1, 0.15) is 0 Å². The van der Waals surface area contributed by atoms with Crippen molar-refractivity contribution in [2.24, 2.45) is 0 Å². The van der Waals surface area contributed by atoms with Crippen LogP contribution in [0, 0.1) is 0 Å². The lowest BCUT2D eigenvalue weighted by atomic mass is 10.8. The molecule has 0 fully saturated rings. The van der Waals surface area contributed by atoms with Gasteiger partial charge in [0.2, 0.25) is 5.51 Å². The highest BCUT2D eigenvalue weighted by atomic mass is 32.1. The lowest BCUT2D eigenvalue weighted by Crippen LogP contribution is -2.31. The van der Waals surface area contributed by atoms with Crippen LogP contribution in [0.3, 0.4) is 0 Å². The molecule has 0 spiro atoms. The highest BCUT2D eigenvalue weighted by Gasteiger charge is 1.95. The minimum atomic E-state index is 0.681. The zero-order chi connectivity index (χ0) is 6.53. The summed E-state index contributed by atoms with van der Waals surface area (Å²) in [6.07, 6.45) is 2.00. The first-order valence-electron chi connectivity index (χ1n) is 2.92. The minimum Gasteiger partial charge on any atom is -0.324 e. The van der Waals surface area contributed by atoms with E-state index in [4.69, 9.17) is 4.74 Å². The Morgan fingerprint density at radius 3 is 3.11 bits per heavy atom. The fourth-order valence-corrected chi connectivity index (χ4v) is 1.12. The van der Waals surface area contributed by atoms with Gasteiger partial charge in [-0.1, -0.05) is 11.3 Å². The molecule has 0 aliphatic rings. The van der Waals surface area contributed by atoms with Crippen LogP contribution in [0.25, 0.3) is 0 Å². The highest BCUT2D eigenvalue weighted by molar-refractivity contribution is 7.07. The molecule has 9 heavy (non-hydrogen) atoms. The Kier molecular flexibility index (Phi) is 2.67. The quantitative estimate of drug-likeness (QED) is 0.577. The molecule has 0 aliphatic carbocycles. The maximum Gasteiger partial charge on any atom is 0.253 e. The van der Waals surface area contributed by atoms with Gasteiger partial charge in [0, 0.05) is 0 Å². The van der Waals surface area contributed by atoms with Crippen molar-refractivity contribution < 1.29 is 9.30 Å². The Hall–Kier alpha value is -0.410. The largest absolute Gasteiger partial charge is 0.324 e. The second-order valence-electron chi connectivity index (χ2n) is 1.66. The number of aromatic nitrogens is 1. The summed E-state index contributed by atoms with van der Waals surface area (Å²) in [5.41, 5.74) is 2.02. The Morgan fingerprint density at radius 2 is 2.56 bits per heavy atom. The second-order valence-corrected chi connectivity index (χ2v) is 2.42. The Balaban J connectivity index is 2.30. The topological polar surface area (TPSA) is 13.1 Å². The summed E-state index contributed by atoms with van der Waals surface area (Å²) in [6, 6.07) is 0. The van der Waals surface area contributed by atoms with Crippen molar-refractivity contribution in [3.63, 3.8) is 0 Å². The number of ether oxygens (including phenoxy) is 1. The van der Waals surface area contributed by atoms with Gasteiger partial charge < -0.3 is 4.74 Å². The summed E-state index contributed by atoms with van der Waals surface area (Å²) < 4.78 is 7.16. The zero-order valence-corrected chi connectivity index (χ0v) is 6.23. The van der Waals surface area contributed by atoms with Gasteiger partial charge in [-0.2, -0.15) is 4.57 Å². The standard InChI is InChI=1S/C6H10NOS/c1-2-8-5-7-3-4-9-6-7/h3-4,6H,2,5H2,1H3/q+1. The lowest BCUT2D eigenvalue weighted by Gasteiger charge is -1.90. The van der Waals surface area contributed by atoms with Gasteiger partial charge in [0.25, 0.3) is 6.73 Å². The average molecular weight is 144 g/mol. The third-order valence-corrected chi connectivity index (χ3v) is 1.64. The molecule has 0 aliphatic heterocycles. The fraction of sp³-hybridized carbons (Fsp3) is 0.500. The number of hydrogen-bond acceptors (Lipinski definition) is 2. The van der Waals surface area contributed by atoms with Crippen molar-refractivity contribution in [2.45, 2.75) is 13.7 Å². The first-order chi connectivity index (χ1) is 4.43. The van der Waals surface area contributed by atoms with E-state index >= 15 is 0 Å². The van der Waals surface area contributed by atoms with Crippen LogP contribution >= 0.6 is 11.3 Å². The Morgan fingerprint density at radius 1 is 1.67 bits per heavy atom. The van der Waals surface area contributed by atoms with Crippen LogP contribution in [0.1, 0.15) is 6.92 Å². The Labute approximate surface area is 58.7 Å². The molecule has 0 saturated heterocycles. The molecule has 0 saturated carbocycles. The van der Waals surface area contributed by atoms with Crippen LogP contribution < -0.4 is 4.57 Å². The van der Waals surface area contributed by atoms with Crippen molar-refractivity contribution in [1.82, 2.24) is 0 Å². The Bertz CT molecular complexity index is 150. The van der Waals surface area contributed by atoms with Crippen molar-refractivity contribution in [2.75, 3.05) is 6.61 Å². The van der Waals surface area contributed by atoms with Gasteiger partial charge in [-0.25, -0.2) is 0 Å². The van der Waals surface area contributed by atoms with Crippen molar-refractivity contribution in [1.29, 1.82) is 0 Å². The van der Waals surface area contributed by atoms with Gasteiger partial charge in [0.05, 0.1) is 12.0 Å². The van der Waals surface area contributed by atoms with Crippen LogP contribution in [0.2, 0.25) is 0 Å². The van der Waals surface area contributed by atoms with E-state index in [1.165, 1.54) is 0 Å². The predicted molar refractivity (Wildman–Crippen MR) is 36.1 cm³/mol. The molecular formula is C6H10NOS+. The molecule has 50 valence electrons. The van der Waals surface area contributed by atoms with Gasteiger partial charge in [-0.05, 0) is 6.92 Å².